The molecular formula is C30H27N3O. The molecule has 1 unspecified atom stereocenters. The molecule has 4 heteroatoms. The average molecular weight is 446 g/mol. The summed E-state index contributed by atoms with van der Waals surface area (Å²) < 4.78 is 2.31. The number of rotatable bonds is 4. The Kier molecular flexibility index (Phi) is 4.95. The highest BCUT2D eigenvalue weighted by molar-refractivity contribution is 5.98. The summed E-state index contributed by atoms with van der Waals surface area (Å²) in [6.45, 7) is 5.55. The monoisotopic (exact) mass is 445 g/mol. The molecule has 1 saturated heterocycles. The van der Waals surface area contributed by atoms with Gasteiger partial charge in [-0.25, -0.2) is 4.98 Å². The van der Waals surface area contributed by atoms with Gasteiger partial charge in [-0.1, -0.05) is 66.7 Å². The number of benzene rings is 4. The Labute approximate surface area is 199 Å². The van der Waals surface area contributed by atoms with Gasteiger partial charge in [0.15, 0.2) is 0 Å². The Bertz CT molecular complexity index is 1530. The molecule has 1 amide bonds. The maximum absolute atomic E-state index is 13.2. The smallest absolute Gasteiger partial charge is 0.227 e. The minimum absolute atomic E-state index is 0.0550. The average Bonchev–Trinajstić information content (AvgIpc) is 3.40. The van der Waals surface area contributed by atoms with Gasteiger partial charge in [0, 0.05) is 31.1 Å². The quantitative estimate of drug-likeness (QED) is 0.322. The highest BCUT2D eigenvalue weighted by Crippen LogP contribution is 2.36. The van der Waals surface area contributed by atoms with E-state index in [4.69, 9.17) is 4.98 Å². The van der Waals surface area contributed by atoms with E-state index in [1.165, 1.54) is 16.3 Å². The van der Waals surface area contributed by atoms with Crippen LogP contribution >= 0.6 is 0 Å². The number of para-hydroxylation sites is 3. The molecule has 4 aromatic carbocycles. The topological polar surface area (TPSA) is 38.1 Å². The predicted molar refractivity (Wildman–Crippen MR) is 138 cm³/mol. The van der Waals surface area contributed by atoms with Gasteiger partial charge in [-0.2, -0.15) is 0 Å². The Hall–Kier alpha value is -3.92. The van der Waals surface area contributed by atoms with E-state index in [1.54, 1.807) is 0 Å². The third-order valence-corrected chi connectivity index (χ3v) is 7.04. The van der Waals surface area contributed by atoms with Crippen LogP contribution in [0.1, 0.15) is 34.9 Å². The van der Waals surface area contributed by atoms with Crippen molar-refractivity contribution >= 4 is 33.4 Å². The number of carbonyl (C=O) groups is 1. The lowest BCUT2D eigenvalue weighted by Gasteiger charge is -2.21. The SMILES string of the molecule is Cc1cccc(C)c1N1CC(c2nc3ccccc3n2Cc2ccc3ccccc3c2)CC1=O. The van der Waals surface area contributed by atoms with E-state index in [1.807, 2.05) is 11.0 Å². The Morgan fingerprint density at radius 1 is 0.853 bits per heavy atom. The van der Waals surface area contributed by atoms with Gasteiger partial charge < -0.3 is 9.47 Å². The van der Waals surface area contributed by atoms with Gasteiger partial charge in [0.1, 0.15) is 5.82 Å². The van der Waals surface area contributed by atoms with Gasteiger partial charge in [0.2, 0.25) is 5.91 Å². The standard InChI is InChI=1S/C30H27N3O/c1-20-8-7-9-21(2)29(20)33-19-25(17-28(33)34)30-31-26-12-5-6-13-27(26)32(30)18-22-14-15-23-10-3-4-11-24(23)16-22/h3-16,25H,17-19H2,1-2H3. The van der Waals surface area contributed by atoms with Crippen molar-refractivity contribution < 1.29 is 4.79 Å². The molecule has 2 heterocycles. The van der Waals surface area contributed by atoms with Crippen molar-refractivity contribution in [2.24, 2.45) is 0 Å². The molecule has 0 spiro atoms. The van der Waals surface area contributed by atoms with Crippen LogP contribution in [0.2, 0.25) is 0 Å². The summed E-state index contributed by atoms with van der Waals surface area (Å²) in [5.41, 5.74) is 6.66. The summed E-state index contributed by atoms with van der Waals surface area (Å²) in [4.78, 5) is 20.2. The number of aromatic nitrogens is 2. The Balaban J connectivity index is 1.40. The first-order valence-electron chi connectivity index (χ1n) is 11.9. The van der Waals surface area contributed by atoms with Crippen LogP contribution in [0.25, 0.3) is 21.8 Å². The Morgan fingerprint density at radius 2 is 1.59 bits per heavy atom. The second-order valence-corrected chi connectivity index (χ2v) is 9.37. The van der Waals surface area contributed by atoms with Gasteiger partial charge >= 0.3 is 0 Å². The number of hydrogen-bond donors (Lipinski definition) is 0. The van der Waals surface area contributed by atoms with E-state index in [0.717, 1.165) is 40.2 Å². The predicted octanol–water partition coefficient (Wildman–Crippen LogP) is 6.38. The lowest BCUT2D eigenvalue weighted by Crippen LogP contribution is -2.26. The second-order valence-electron chi connectivity index (χ2n) is 9.37. The summed E-state index contributed by atoms with van der Waals surface area (Å²) in [7, 11) is 0. The number of carbonyl (C=O) groups excluding carboxylic acids is 1. The van der Waals surface area contributed by atoms with Crippen molar-refractivity contribution in [3.63, 3.8) is 0 Å². The normalized spacial score (nSPS) is 16.1. The molecule has 1 aliphatic heterocycles. The van der Waals surface area contributed by atoms with Crippen molar-refractivity contribution in [1.29, 1.82) is 0 Å². The zero-order chi connectivity index (χ0) is 23.2. The van der Waals surface area contributed by atoms with Crippen LogP contribution in [0.4, 0.5) is 5.69 Å². The second kappa shape index (κ2) is 8.14. The number of fused-ring (bicyclic) bond motifs is 2. The van der Waals surface area contributed by atoms with E-state index in [9.17, 15) is 4.79 Å². The largest absolute Gasteiger partial charge is 0.323 e. The fourth-order valence-corrected chi connectivity index (χ4v) is 5.42. The van der Waals surface area contributed by atoms with E-state index >= 15 is 0 Å². The third-order valence-electron chi connectivity index (χ3n) is 7.04. The van der Waals surface area contributed by atoms with Crippen LogP contribution in [0.15, 0.2) is 84.9 Å². The molecule has 6 rings (SSSR count). The number of amides is 1. The molecule has 0 aliphatic carbocycles. The molecule has 4 nitrogen and oxygen atoms in total. The molecule has 0 bridgehead atoms. The zero-order valence-electron chi connectivity index (χ0n) is 19.5. The zero-order valence-corrected chi connectivity index (χ0v) is 19.5. The first-order chi connectivity index (χ1) is 16.6. The van der Waals surface area contributed by atoms with Crippen molar-refractivity contribution in [2.45, 2.75) is 32.7 Å². The molecule has 0 saturated carbocycles. The first kappa shape index (κ1) is 20.7. The fraction of sp³-hybridized carbons (Fsp3) is 0.200. The van der Waals surface area contributed by atoms with Crippen LogP contribution in [0.5, 0.6) is 0 Å². The minimum Gasteiger partial charge on any atom is -0.323 e. The van der Waals surface area contributed by atoms with Crippen LogP contribution < -0.4 is 4.90 Å². The van der Waals surface area contributed by atoms with E-state index in [2.05, 4.69) is 97.3 Å². The van der Waals surface area contributed by atoms with Crippen LogP contribution in [0, 0.1) is 13.8 Å². The molecule has 1 atom stereocenters. The van der Waals surface area contributed by atoms with Gasteiger partial charge in [0.05, 0.1) is 11.0 Å². The molecular weight excluding hydrogens is 418 g/mol. The van der Waals surface area contributed by atoms with Gasteiger partial charge in [-0.3, -0.25) is 4.79 Å². The first-order valence-corrected chi connectivity index (χ1v) is 11.9. The van der Waals surface area contributed by atoms with Crippen molar-refractivity contribution in [2.75, 3.05) is 11.4 Å². The number of imidazole rings is 1. The van der Waals surface area contributed by atoms with Crippen molar-refractivity contribution in [3.05, 3.63) is 107 Å². The number of hydrogen-bond acceptors (Lipinski definition) is 2. The van der Waals surface area contributed by atoms with E-state index in [-0.39, 0.29) is 11.8 Å². The molecule has 0 radical (unpaired) electrons. The molecule has 1 aromatic heterocycles. The Morgan fingerprint density at radius 3 is 2.41 bits per heavy atom. The van der Waals surface area contributed by atoms with E-state index in [0.29, 0.717) is 13.0 Å². The highest BCUT2D eigenvalue weighted by atomic mass is 16.2. The highest BCUT2D eigenvalue weighted by Gasteiger charge is 2.36. The van der Waals surface area contributed by atoms with E-state index < -0.39 is 0 Å². The van der Waals surface area contributed by atoms with Gasteiger partial charge in [-0.05, 0) is 59.5 Å². The number of nitrogens with zero attached hydrogens (tertiary/aromatic N) is 3. The summed E-state index contributed by atoms with van der Waals surface area (Å²) in [5, 5.41) is 2.48. The van der Waals surface area contributed by atoms with Crippen LogP contribution in [-0.4, -0.2) is 22.0 Å². The minimum atomic E-state index is 0.0550. The maximum Gasteiger partial charge on any atom is 0.227 e. The molecule has 0 N–H and O–H groups in total. The lowest BCUT2D eigenvalue weighted by atomic mass is 10.1. The molecule has 168 valence electrons. The van der Waals surface area contributed by atoms with Gasteiger partial charge in [0.25, 0.3) is 0 Å². The third kappa shape index (κ3) is 3.47. The molecule has 34 heavy (non-hydrogen) atoms. The van der Waals surface area contributed by atoms with Crippen LogP contribution in [-0.2, 0) is 11.3 Å². The van der Waals surface area contributed by atoms with Crippen molar-refractivity contribution in [3.8, 4) is 0 Å². The summed E-state index contributed by atoms with van der Waals surface area (Å²) in [6.07, 6.45) is 0.481. The summed E-state index contributed by atoms with van der Waals surface area (Å²) >= 11 is 0. The lowest BCUT2D eigenvalue weighted by molar-refractivity contribution is -0.117. The van der Waals surface area contributed by atoms with Crippen LogP contribution in [0.3, 0.4) is 0 Å². The molecule has 1 fully saturated rings. The van der Waals surface area contributed by atoms with Crippen molar-refractivity contribution in [1.82, 2.24) is 9.55 Å². The number of aryl methyl sites for hydroxylation is 2. The maximum atomic E-state index is 13.2. The summed E-state index contributed by atoms with van der Waals surface area (Å²) in [6, 6.07) is 29.6. The van der Waals surface area contributed by atoms with Gasteiger partial charge in [-0.15, -0.1) is 0 Å². The number of anilines is 1. The molecule has 5 aromatic rings. The molecule has 1 aliphatic rings. The fourth-order valence-electron chi connectivity index (χ4n) is 5.42. The summed E-state index contributed by atoms with van der Waals surface area (Å²) in [5.74, 6) is 1.22.